The molecule has 0 atom stereocenters. The van der Waals surface area contributed by atoms with Crippen LogP contribution in [0.3, 0.4) is 0 Å². The minimum absolute atomic E-state index is 0.0732. The first-order valence-corrected chi connectivity index (χ1v) is 6.49. The molecule has 0 aromatic heterocycles. The third-order valence-corrected chi connectivity index (χ3v) is 4.71. The minimum Gasteiger partial charge on any atom is -0.379 e. The predicted molar refractivity (Wildman–Crippen MR) is 58.2 cm³/mol. The van der Waals surface area contributed by atoms with Crippen molar-refractivity contribution in [1.82, 2.24) is 0 Å². The van der Waals surface area contributed by atoms with Gasteiger partial charge < -0.3 is 4.74 Å². The standard InChI is InChI=1S/C11H12O4S/c1-8(12)9-2-4-10(5-3-9)16(13,14)11-6-15-7-11/h2-5,11H,6-7H2,1H3. The Morgan fingerprint density at radius 1 is 1.25 bits per heavy atom. The van der Waals surface area contributed by atoms with Gasteiger partial charge in [0.15, 0.2) is 15.6 Å². The van der Waals surface area contributed by atoms with Gasteiger partial charge in [0.05, 0.1) is 18.1 Å². The maximum atomic E-state index is 11.9. The zero-order chi connectivity index (χ0) is 11.8. The predicted octanol–water partition coefficient (Wildman–Crippen LogP) is 1.06. The van der Waals surface area contributed by atoms with Crippen molar-refractivity contribution in [2.45, 2.75) is 17.1 Å². The number of hydrogen-bond donors (Lipinski definition) is 0. The highest BCUT2D eigenvalue weighted by atomic mass is 32.2. The lowest BCUT2D eigenvalue weighted by Crippen LogP contribution is -2.40. The van der Waals surface area contributed by atoms with E-state index in [-0.39, 0.29) is 23.9 Å². The zero-order valence-electron chi connectivity index (χ0n) is 8.84. The second kappa shape index (κ2) is 3.99. The maximum Gasteiger partial charge on any atom is 0.185 e. The van der Waals surface area contributed by atoms with Gasteiger partial charge in [-0.05, 0) is 19.1 Å². The van der Waals surface area contributed by atoms with E-state index in [0.717, 1.165) is 0 Å². The second-order valence-electron chi connectivity index (χ2n) is 3.79. The first-order chi connectivity index (χ1) is 7.51. The van der Waals surface area contributed by atoms with Crippen LogP contribution in [-0.2, 0) is 14.6 Å². The average molecular weight is 240 g/mol. The molecule has 1 aromatic rings. The highest BCUT2D eigenvalue weighted by molar-refractivity contribution is 7.92. The lowest BCUT2D eigenvalue weighted by molar-refractivity contribution is 0.0416. The summed E-state index contributed by atoms with van der Waals surface area (Å²) in [5, 5.41) is -0.435. The van der Waals surface area contributed by atoms with E-state index in [9.17, 15) is 13.2 Å². The average Bonchev–Trinajstić information content (AvgIpc) is 2.14. The number of ketones is 1. The van der Waals surface area contributed by atoms with E-state index >= 15 is 0 Å². The third kappa shape index (κ3) is 1.88. The molecule has 0 bridgehead atoms. The van der Waals surface area contributed by atoms with E-state index in [4.69, 9.17) is 4.74 Å². The number of Topliss-reactive ketones (excluding diaryl/α,β-unsaturated/α-hetero) is 1. The van der Waals surface area contributed by atoms with Gasteiger partial charge in [-0.3, -0.25) is 4.79 Å². The Morgan fingerprint density at radius 3 is 2.19 bits per heavy atom. The van der Waals surface area contributed by atoms with Crippen LogP contribution in [0.1, 0.15) is 17.3 Å². The normalized spacial score (nSPS) is 16.8. The number of hydrogen-bond acceptors (Lipinski definition) is 4. The topological polar surface area (TPSA) is 60.4 Å². The lowest BCUT2D eigenvalue weighted by Gasteiger charge is -2.25. The summed E-state index contributed by atoms with van der Waals surface area (Å²) >= 11 is 0. The molecule has 1 heterocycles. The Balaban J connectivity index is 2.31. The quantitative estimate of drug-likeness (QED) is 0.741. The van der Waals surface area contributed by atoms with E-state index in [1.807, 2.05) is 0 Å². The maximum absolute atomic E-state index is 11.9. The van der Waals surface area contributed by atoms with E-state index in [0.29, 0.717) is 5.56 Å². The van der Waals surface area contributed by atoms with Crippen LogP contribution in [-0.4, -0.2) is 32.7 Å². The van der Waals surface area contributed by atoms with Crippen molar-refractivity contribution in [3.05, 3.63) is 29.8 Å². The first-order valence-electron chi connectivity index (χ1n) is 4.94. The monoisotopic (exact) mass is 240 g/mol. The molecule has 0 saturated carbocycles. The molecular formula is C11H12O4S. The van der Waals surface area contributed by atoms with Gasteiger partial charge in [0.25, 0.3) is 0 Å². The fourth-order valence-corrected chi connectivity index (χ4v) is 2.92. The summed E-state index contributed by atoms with van der Waals surface area (Å²) in [4.78, 5) is 11.3. The summed E-state index contributed by atoms with van der Waals surface area (Å²) in [5.41, 5.74) is 0.517. The largest absolute Gasteiger partial charge is 0.379 e. The molecule has 4 nitrogen and oxygen atoms in total. The van der Waals surface area contributed by atoms with Crippen molar-refractivity contribution in [2.24, 2.45) is 0 Å². The number of sulfone groups is 1. The Labute approximate surface area is 94.2 Å². The molecule has 2 rings (SSSR count). The molecule has 1 fully saturated rings. The van der Waals surface area contributed by atoms with Gasteiger partial charge >= 0.3 is 0 Å². The van der Waals surface area contributed by atoms with Gasteiger partial charge in [0, 0.05) is 5.56 Å². The molecule has 86 valence electrons. The molecule has 0 amide bonds. The van der Waals surface area contributed by atoms with Crippen molar-refractivity contribution in [1.29, 1.82) is 0 Å². The van der Waals surface area contributed by atoms with E-state index in [1.54, 1.807) is 0 Å². The number of carbonyl (C=O) groups excluding carboxylic acids is 1. The summed E-state index contributed by atoms with van der Waals surface area (Å²) in [6.07, 6.45) is 0. The van der Waals surface area contributed by atoms with Crippen molar-refractivity contribution >= 4 is 15.6 Å². The van der Waals surface area contributed by atoms with E-state index in [1.165, 1.54) is 31.2 Å². The molecule has 16 heavy (non-hydrogen) atoms. The SMILES string of the molecule is CC(=O)c1ccc(S(=O)(=O)C2COC2)cc1. The number of ether oxygens (including phenoxy) is 1. The van der Waals surface area contributed by atoms with Gasteiger partial charge in [0.2, 0.25) is 0 Å². The molecule has 1 aliphatic rings. The van der Waals surface area contributed by atoms with Crippen LogP contribution in [0.4, 0.5) is 0 Å². The molecule has 1 saturated heterocycles. The minimum atomic E-state index is -3.28. The van der Waals surface area contributed by atoms with Crippen LogP contribution in [0.5, 0.6) is 0 Å². The van der Waals surface area contributed by atoms with Crippen molar-refractivity contribution < 1.29 is 17.9 Å². The van der Waals surface area contributed by atoms with E-state index < -0.39 is 15.1 Å². The zero-order valence-corrected chi connectivity index (χ0v) is 9.66. The van der Waals surface area contributed by atoms with Crippen LogP contribution < -0.4 is 0 Å². The molecule has 0 spiro atoms. The molecule has 5 heteroatoms. The molecule has 1 aliphatic heterocycles. The highest BCUT2D eigenvalue weighted by Gasteiger charge is 2.33. The van der Waals surface area contributed by atoms with Gasteiger partial charge in [-0.1, -0.05) is 12.1 Å². The van der Waals surface area contributed by atoms with Gasteiger partial charge in [-0.25, -0.2) is 8.42 Å². The van der Waals surface area contributed by atoms with Gasteiger partial charge in [-0.15, -0.1) is 0 Å². The van der Waals surface area contributed by atoms with Crippen LogP contribution >= 0.6 is 0 Å². The Kier molecular flexibility index (Phi) is 2.82. The molecule has 0 unspecified atom stereocenters. The molecular weight excluding hydrogens is 228 g/mol. The fraction of sp³-hybridized carbons (Fsp3) is 0.364. The van der Waals surface area contributed by atoms with Gasteiger partial charge in [-0.2, -0.15) is 0 Å². The van der Waals surface area contributed by atoms with E-state index in [2.05, 4.69) is 0 Å². The third-order valence-electron chi connectivity index (χ3n) is 2.64. The molecule has 0 aliphatic carbocycles. The summed E-state index contributed by atoms with van der Waals surface area (Å²) in [5.74, 6) is -0.0732. The Hall–Kier alpha value is -1.20. The highest BCUT2D eigenvalue weighted by Crippen LogP contribution is 2.21. The van der Waals surface area contributed by atoms with Crippen LogP contribution in [0.2, 0.25) is 0 Å². The number of benzene rings is 1. The Bertz CT molecular complexity index is 497. The lowest BCUT2D eigenvalue weighted by atomic mass is 10.2. The molecule has 1 aromatic carbocycles. The number of rotatable bonds is 3. The van der Waals surface area contributed by atoms with Gasteiger partial charge in [0.1, 0.15) is 5.25 Å². The molecule has 0 N–H and O–H groups in total. The van der Waals surface area contributed by atoms with Crippen molar-refractivity contribution in [3.63, 3.8) is 0 Å². The fourth-order valence-electron chi connectivity index (χ4n) is 1.47. The first kappa shape index (κ1) is 11.3. The summed E-state index contributed by atoms with van der Waals surface area (Å²) in [7, 11) is -3.28. The smallest absolute Gasteiger partial charge is 0.185 e. The summed E-state index contributed by atoms with van der Waals surface area (Å²) < 4.78 is 28.7. The summed E-state index contributed by atoms with van der Waals surface area (Å²) in [6, 6.07) is 6.03. The second-order valence-corrected chi connectivity index (χ2v) is 6.01. The molecule has 0 radical (unpaired) electrons. The summed E-state index contributed by atoms with van der Waals surface area (Å²) in [6.45, 7) is 1.97. The number of carbonyl (C=O) groups is 1. The van der Waals surface area contributed by atoms with Crippen LogP contribution in [0.25, 0.3) is 0 Å². The Morgan fingerprint density at radius 2 is 1.81 bits per heavy atom. The van der Waals surface area contributed by atoms with Crippen molar-refractivity contribution in [2.75, 3.05) is 13.2 Å². The van der Waals surface area contributed by atoms with Crippen LogP contribution in [0, 0.1) is 0 Å². The van der Waals surface area contributed by atoms with Crippen LogP contribution in [0.15, 0.2) is 29.2 Å². The van der Waals surface area contributed by atoms with Crippen molar-refractivity contribution in [3.8, 4) is 0 Å².